The summed E-state index contributed by atoms with van der Waals surface area (Å²) in [6.07, 6.45) is 2.70. The summed E-state index contributed by atoms with van der Waals surface area (Å²) >= 11 is 0. The van der Waals surface area contributed by atoms with Gasteiger partial charge in [0.2, 0.25) is 5.91 Å². The van der Waals surface area contributed by atoms with Gasteiger partial charge in [-0.25, -0.2) is 0 Å². The summed E-state index contributed by atoms with van der Waals surface area (Å²) < 4.78 is 4.86. The van der Waals surface area contributed by atoms with E-state index in [0.717, 1.165) is 12.8 Å². The minimum Gasteiger partial charge on any atom is -0.466 e. The second kappa shape index (κ2) is 7.78. The maximum atomic E-state index is 12.4. The van der Waals surface area contributed by atoms with Crippen LogP contribution >= 0.6 is 0 Å². The number of ether oxygens (including phenoxy) is 1. The van der Waals surface area contributed by atoms with Crippen LogP contribution in [0.15, 0.2) is 0 Å². The van der Waals surface area contributed by atoms with E-state index < -0.39 is 0 Å². The van der Waals surface area contributed by atoms with E-state index in [2.05, 4.69) is 26.1 Å². The summed E-state index contributed by atoms with van der Waals surface area (Å²) in [6, 6.07) is 0.174. The van der Waals surface area contributed by atoms with Gasteiger partial charge in [0.15, 0.2) is 0 Å². The Hall–Kier alpha value is -1.10. The van der Waals surface area contributed by atoms with Crippen molar-refractivity contribution >= 4 is 11.9 Å². The number of carbonyl (C=O) groups excluding carboxylic acids is 2. The Balaban J connectivity index is 2.40. The lowest BCUT2D eigenvalue weighted by Gasteiger charge is -2.46. The summed E-state index contributed by atoms with van der Waals surface area (Å²) in [5.74, 6) is 0.198. The molecule has 1 rings (SSSR count). The normalized spacial score (nSPS) is 28.0. The monoisotopic (exact) mass is 298 g/mol. The Morgan fingerprint density at radius 1 is 1.33 bits per heavy atom. The molecule has 0 heterocycles. The molecule has 5 nitrogen and oxygen atoms in total. The van der Waals surface area contributed by atoms with Crippen LogP contribution < -0.4 is 11.1 Å². The predicted molar refractivity (Wildman–Crippen MR) is 82.5 cm³/mol. The van der Waals surface area contributed by atoms with Crippen LogP contribution in [0, 0.1) is 17.3 Å². The van der Waals surface area contributed by atoms with Gasteiger partial charge >= 0.3 is 5.97 Å². The number of hydrogen-bond acceptors (Lipinski definition) is 4. The Bertz CT molecular complexity index is 369. The molecule has 0 aliphatic heterocycles. The molecule has 0 radical (unpaired) electrons. The highest BCUT2D eigenvalue weighted by molar-refractivity contribution is 5.79. The fourth-order valence-corrected chi connectivity index (χ4v) is 3.12. The predicted octanol–water partition coefficient (Wildman–Crippen LogP) is 1.85. The van der Waals surface area contributed by atoms with Crippen molar-refractivity contribution in [3.8, 4) is 0 Å². The molecule has 0 spiro atoms. The van der Waals surface area contributed by atoms with E-state index >= 15 is 0 Å². The van der Waals surface area contributed by atoms with Crippen LogP contribution in [0.25, 0.3) is 0 Å². The molecule has 1 aliphatic rings. The number of amides is 1. The lowest BCUT2D eigenvalue weighted by molar-refractivity contribution is -0.143. The third kappa shape index (κ3) is 4.70. The highest BCUT2D eigenvalue weighted by Gasteiger charge is 2.44. The molecule has 1 amide bonds. The first-order valence-electron chi connectivity index (χ1n) is 7.99. The summed E-state index contributed by atoms with van der Waals surface area (Å²) in [7, 11) is 0. The van der Waals surface area contributed by atoms with Crippen molar-refractivity contribution in [3.63, 3.8) is 0 Å². The number of esters is 1. The molecule has 1 saturated carbocycles. The molecule has 3 unspecified atom stereocenters. The molecular weight excluding hydrogens is 268 g/mol. The fraction of sp³-hybridized carbons (Fsp3) is 0.875. The Morgan fingerprint density at radius 2 is 2.00 bits per heavy atom. The lowest BCUT2D eigenvalue weighted by atomic mass is 9.61. The van der Waals surface area contributed by atoms with Gasteiger partial charge in [0.25, 0.3) is 0 Å². The van der Waals surface area contributed by atoms with E-state index in [1.165, 1.54) is 0 Å². The quantitative estimate of drug-likeness (QED) is 0.579. The first-order valence-corrected chi connectivity index (χ1v) is 7.99. The van der Waals surface area contributed by atoms with Crippen LogP contribution in [0.5, 0.6) is 0 Å². The molecule has 0 aromatic rings. The average molecular weight is 298 g/mol. The van der Waals surface area contributed by atoms with Crippen LogP contribution in [0.2, 0.25) is 0 Å². The molecule has 5 heteroatoms. The number of nitrogens with two attached hydrogens (primary N) is 1. The molecule has 0 aromatic heterocycles. The second-order valence-electron chi connectivity index (χ2n) is 6.60. The summed E-state index contributed by atoms with van der Waals surface area (Å²) in [5.41, 5.74) is 6.02. The van der Waals surface area contributed by atoms with Gasteiger partial charge in [0.1, 0.15) is 0 Å². The molecule has 0 bridgehead atoms. The molecule has 122 valence electrons. The molecule has 0 saturated heterocycles. The zero-order chi connectivity index (χ0) is 16.0. The molecule has 0 aromatic carbocycles. The SMILES string of the molecule is CCOC(=O)CCCNC(=O)C1CCC(N)C(C)C1(C)C. The van der Waals surface area contributed by atoms with Crippen LogP contribution in [0.3, 0.4) is 0 Å². The van der Waals surface area contributed by atoms with Gasteiger partial charge in [0.05, 0.1) is 6.61 Å². The van der Waals surface area contributed by atoms with Crippen molar-refractivity contribution in [1.82, 2.24) is 5.32 Å². The van der Waals surface area contributed by atoms with Gasteiger partial charge in [-0.15, -0.1) is 0 Å². The zero-order valence-corrected chi connectivity index (χ0v) is 13.8. The first kappa shape index (κ1) is 18.0. The number of rotatable bonds is 6. The lowest BCUT2D eigenvalue weighted by Crippen LogP contribution is -2.51. The van der Waals surface area contributed by atoms with Gasteiger partial charge in [-0.1, -0.05) is 20.8 Å². The molecule has 3 atom stereocenters. The number of nitrogens with one attached hydrogen (secondary N) is 1. The zero-order valence-electron chi connectivity index (χ0n) is 13.8. The minimum atomic E-state index is -0.204. The van der Waals surface area contributed by atoms with Crippen molar-refractivity contribution in [1.29, 1.82) is 0 Å². The molecule has 1 aliphatic carbocycles. The molecule has 3 N–H and O–H groups in total. The highest BCUT2D eigenvalue weighted by atomic mass is 16.5. The maximum absolute atomic E-state index is 12.4. The molecule has 1 fully saturated rings. The summed E-state index contributed by atoms with van der Waals surface area (Å²) in [6.45, 7) is 9.09. The van der Waals surface area contributed by atoms with E-state index in [4.69, 9.17) is 10.5 Å². The van der Waals surface area contributed by atoms with E-state index in [0.29, 0.717) is 31.9 Å². The topological polar surface area (TPSA) is 81.4 Å². The highest BCUT2D eigenvalue weighted by Crippen LogP contribution is 2.44. The third-order valence-corrected chi connectivity index (χ3v) is 4.98. The van der Waals surface area contributed by atoms with E-state index in [1.807, 2.05) is 0 Å². The van der Waals surface area contributed by atoms with Gasteiger partial charge in [-0.3, -0.25) is 9.59 Å². The molecular formula is C16H30N2O3. The van der Waals surface area contributed by atoms with Crippen LogP contribution in [-0.4, -0.2) is 31.1 Å². The van der Waals surface area contributed by atoms with Crippen molar-refractivity contribution in [2.75, 3.05) is 13.2 Å². The Morgan fingerprint density at radius 3 is 2.62 bits per heavy atom. The van der Waals surface area contributed by atoms with Crippen LogP contribution in [-0.2, 0) is 14.3 Å². The van der Waals surface area contributed by atoms with Crippen molar-refractivity contribution < 1.29 is 14.3 Å². The van der Waals surface area contributed by atoms with Gasteiger partial charge in [-0.2, -0.15) is 0 Å². The largest absolute Gasteiger partial charge is 0.466 e. The van der Waals surface area contributed by atoms with Crippen LogP contribution in [0.1, 0.15) is 53.4 Å². The van der Waals surface area contributed by atoms with E-state index in [9.17, 15) is 9.59 Å². The summed E-state index contributed by atoms with van der Waals surface area (Å²) in [5, 5.41) is 2.95. The van der Waals surface area contributed by atoms with E-state index in [-0.39, 0.29) is 29.3 Å². The van der Waals surface area contributed by atoms with Crippen molar-refractivity contribution in [2.24, 2.45) is 23.0 Å². The van der Waals surface area contributed by atoms with Crippen LogP contribution in [0.4, 0.5) is 0 Å². The van der Waals surface area contributed by atoms with E-state index in [1.54, 1.807) is 6.92 Å². The minimum absolute atomic E-state index is 0.00473. The van der Waals surface area contributed by atoms with Gasteiger partial charge in [-0.05, 0) is 37.5 Å². The van der Waals surface area contributed by atoms with Gasteiger partial charge < -0.3 is 15.8 Å². The average Bonchev–Trinajstić information content (AvgIpc) is 2.41. The smallest absolute Gasteiger partial charge is 0.305 e. The first-order chi connectivity index (χ1) is 9.80. The third-order valence-electron chi connectivity index (χ3n) is 4.98. The number of carbonyl (C=O) groups is 2. The Kier molecular flexibility index (Phi) is 6.65. The second-order valence-corrected chi connectivity index (χ2v) is 6.60. The Labute approximate surface area is 128 Å². The van der Waals surface area contributed by atoms with Gasteiger partial charge in [0, 0.05) is 24.9 Å². The summed E-state index contributed by atoms with van der Waals surface area (Å²) in [4.78, 5) is 23.6. The van der Waals surface area contributed by atoms with Crippen molar-refractivity contribution in [2.45, 2.75) is 59.4 Å². The fourth-order valence-electron chi connectivity index (χ4n) is 3.12. The maximum Gasteiger partial charge on any atom is 0.305 e. The molecule has 21 heavy (non-hydrogen) atoms. The van der Waals surface area contributed by atoms with Crippen molar-refractivity contribution in [3.05, 3.63) is 0 Å². The standard InChI is InChI=1S/C16H30N2O3/c1-5-21-14(19)7-6-10-18-15(20)12-8-9-13(17)11(2)16(12,3)4/h11-13H,5-10,17H2,1-4H3,(H,18,20). The number of hydrogen-bond donors (Lipinski definition) is 2.